The highest BCUT2D eigenvalue weighted by atomic mass is 32.2. The zero-order chi connectivity index (χ0) is 20.3. The lowest BCUT2D eigenvalue weighted by Crippen LogP contribution is -2.25. The Morgan fingerprint density at radius 3 is 2.45 bits per heavy atom. The molecule has 148 valence electrons. The third-order valence-corrected chi connectivity index (χ3v) is 6.37. The van der Waals surface area contributed by atoms with Gasteiger partial charge in [0, 0.05) is 18.7 Å². The fourth-order valence-electron chi connectivity index (χ4n) is 3.08. The van der Waals surface area contributed by atoms with Crippen molar-refractivity contribution in [3.8, 4) is 0 Å². The van der Waals surface area contributed by atoms with Crippen LogP contribution in [0.5, 0.6) is 0 Å². The lowest BCUT2D eigenvalue weighted by Gasteiger charge is -2.07. The minimum absolute atomic E-state index is 0.0764. The highest BCUT2D eigenvalue weighted by molar-refractivity contribution is 7.89. The number of carbonyl (C=O) groups excluding carboxylic acids is 1. The molecule has 0 spiro atoms. The van der Waals surface area contributed by atoms with E-state index in [1.807, 2.05) is 42.5 Å². The third-order valence-electron chi connectivity index (χ3n) is 4.84. The van der Waals surface area contributed by atoms with Crippen molar-refractivity contribution in [2.75, 3.05) is 0 Å². The molecule has 0 saturated heterocycles. The quantitative estimate of drug-likeness (QED) is 0.589. The lowest BCUT2D eigenvalue weighted by molar-refractivity contribution is -0.116. The summed E-state index contributed by atoms with van der Waals surface area (Å²) in [6.07, 6.45) is 5.11. The molecule has 1 aliphatic carbocycles. The van der Waals surface area contributed by atoms with Crippen LogP contribution in [0.4, 0.5) is 0 Å². The Labute approximate surface area is 170 Å². The zero-order valence-corrected chi connectivity index (χ0v) is 16.7. The topological polar surface area (TPSA) is 75.3 Å². The van der Waals surface area contributed by atoms with E-state index in [0.29, 0.717) is 6.54 Å². The average Bonchev–Trinajstić information content (AvgIpc) is 3.54. The van der Waals surface area contributed by atoms with Gasteiger partial charge >= 0.3 is 0 Å². The molecule has 3 aromatic carbocycles. The maximum atomic E-state index is 12.2. The summed E-state index contributed by atoms with van der Waals surface area (Å²) in [7, 11) is -3.45. The number of nitrogens with one attached hydrogen (secondary N) is 2. The number of hydrogen-bond donors (Lipinski definition) is 2. The average molecular weight is 407 g/mol. The highest BCUT2D eigenvalue weighted by Crippen LogP contribution is 2.22. The maximum Gasteiger partial charge on any atom is 0.244 e. The minimum Gasteiger partial charge on any atom is -0.348 e. The fraction of sp³-hybridized carbons (Fsp3) is 0.174. The van der Waals surface area contributed by atoms with Crippen molar-refractivity contribution in [2.24, 2.45) is 0 Å². The molecule has 1 saturated carbocycles. The minimum atomic E-state index is -3.45. The number of fused-ring (bicyclic) bond motifs is 1. The first-order chi connectivity index (χ1) is 14.0. The van der Waals surface area contributed by atoms with Crippen LogP contribution in [0.1, 0.15) is 24.0 Å². The van der Waals surface area contributed by atoms with E-state index in [-0.39, 0.29) is 16.8 Å². The summed E-state index contributed by atoms with van der Waals surface area (Å²) < 4.78 is 27.0. The van der Waals surface area contributed by atoms with Crippen molar-refractivity contribution in [1.29, 1.82) is 0 Å². The van der Waals surface area contributed by atoms with Crippen LogP contribution in [-0.4, -0.2) is 20.4 Å². The zero-order valence-electron chi connectivity index (χ0n) is 15.8. The number of carbonyl (C=O) groups is 1. The Bertz CT molecular complexity index is 1160. The number of sulfonamides is 1. The Hall–Kier alpha value is -2.96. The Kier molecular flexibility index (Phi) is 5.47. The van der Waals surface area contributed by atoms with Crippen molar-refractivity contribution in [2.45, 2.75) is 30.3 Å². The summed E-state index contributed by atoms with van der Waals surface area (Å²) in [6, 6.07) is 20.7. The Morgan fingerprint density at radius 1 is 0.966 bits per heavy atom. The molecule has 3 aromatic rings. The van der Waals surface area contributed by atoms with Crippen molar-refractivity contribution in [3.63, 3.8) is 0 Å². The molecule has 1 fully saturated rings. The van der Waals surface area contributed by atoms with Gasteiger partial charge in [-0.2, -0.15) is 0 Å². The van der Waals surface area contributed by atoms with Crippen molar-refractivity contribution < 1.29 is 13.2 Å². The second-order valence-electron chi connectivity index (χ2n) is 7.16. The van der Waals surface area contributed by atoms with Crippen LogP contribution in [0.3, 0.4) is 0 Å². The predicted octanol–water partition coefficient (Wildman–Crippen LogP) is 3.61. The van der Waals surface area contributed by atoms with Gasteiger partial charge in [-0.05, 0) is 52.9 Å². The molecule has 0 aliphatic heterocycles. The van der Waals surface area contributed by atoms with Crippen molar-refractivity contribution in [1.82, 2.24) is 10.0 Å². The van der Waals surface area contributed by atoms with Gasteiger partial charge in [-0.15, -0.1) is 0 Å². The fourth-order valence-corrected chi connectivity index (χ4v) is 4.39. The molecule has 0 unspecified atom stereocenters. The van der Waals surface area contributed by atoms with Crippen LogP contribution < -0.4 is 10.0 Å². The van der Waals surface area contributed by atoms with E-state index in [0.717, 1.165) is 34.7 Å². The SMILES string of the molecule is O=C(C=Cc1cccc2ccccc12)NCc1ccc(S(=O)(=O)NC2CC2)cc1. The van der Waals surface area contributed by atoms with Crippen LogP contribution >= 0.6 is 0 Å². The van der Waals surface area contributed by atoms with Gasteiger partial charge in [0.15, 0.2) is 0 Å². The predicted molar refractivity (Wildman–Crippen MR) is 115 cm³/mol. The summed E-state index contributed by atoms with van der Waals surface area (Å²) in [5.41, 5.74) is 1.82. The number of rotatable bonds is 7. The summed E-state index contributed by atoms with van der Waals surface area (Å²) in [5, 5.41) is 5.05. The van der Waals surface area contributed by atoms with E-state index < -0.39 is 10.0 Å². The van der Waals surface area contributed by atoms with Crippen LogP contribution in [0.25, 0.3) is 16.8 Å². The first-order valence-corrected chi connectivity index (χ1v) is 11.0. The molecular formula is C23H22N2O3S. The van der Waals surface area contributed by atoms with Gasteiger partial charge in [-0.1, -0.05) is 54.6 Å². The molecule has 0 heterocycles. The summed E-state index contributed by atoms with van der Waals surface area (Å²) >= 11 is 0. The Morgan fingerprint density at radius 2 is 1.69 bits per heavy atom. The molecule has 6 heteroatoms. The first kappa shape index (κ1) is 19.4. The molecule has 4 rings (SSSR count). The molecule has 0 atom stereocenters. The normalized spacial score (nSPS) is 14.3. The summed E-state index contributed by atoms with van der Waals surface area (Å²) in [4.78, 5) is 12.4. The smallest absolute Gasteiger partial charge is 0.244 e. The standard InChI is InChI=1S/C23H22N2O3S/c26-23(15-10-19-6-3-5-18-4-1-2-7-22(18)19)24-16-17-8-13-21(14-9-17)29(27,28)25-20-11-12-20/h1-10,13-15,20,25H,11-12,16H2,(H,24,26). The van der Waals surface area contributed by atoms with Crippen LogP contribution in [-0.2, 0) is 21.4 Å². The molecule has 0 aromatic heterocycles. The molecule has 0 radical (unpaired) electrons. The van der Waals surface area contributed by atoms with E-state index >= 15 is 0 Å². The van der Waals surface area contributed by atoms with E-state index in [2.05, 4.69) is 10.0 Å². The Balaban J connectivity index is 1.36. The first-order valence-electron chi connectivity index (χ1n) is 9.56. The van der Waals surface area contributed by atoms with E-state index in [4.69, 9.17) is 0 Å². The number of hydrogen-bond acceptors (Lipinski definition) is 3. The highest BCUT2D eigenvalue weighted by Gasteiger charge is 2.27. The van der Waals surface area contributed by atoms with Crippen LogP contribution in [0.15, 0.2) is 77.7 Å². The van der Waals surface area contributed by atoms with Crippen LogP contribution in [0, 0.1) is 0 Å². The molecule has 0 bridgehead atoms. The molecule has 29 heavy (non-hydrogen) atoms. The van der Waals surface area contributed by atoms with Gasteiger partial charge in [-0.25, -0.2) is 13.1 Å². The summed E-state index contributed by atoms with van der Waals surface area (Å²) in [6.45, 7) is 0.328. The van der Waals surface area contributed by atoms with Gasteiger partial charge in [0.05, 0.1) is 4.90 Å². The number of benzene rings is 3. The largest absolute Gasteiger partial charge is 0.348 e. The van der Waals surface area contributed by atoms with Crippen molar-refractivity contribution in [3.05, 3.63) is 83.9 Å². The third kappa shape index (κ3) is 4.91. The van der Waals surface area contributed by atoms with E-state index in [1.165, 1.54) is 6.08 Å². The second kappa shape index (κ2) is 8.19. The van der Waals surface area contributed by atoms with Gasteiger partial charge in [0.1, 0.15) is 0 Å². The number of amides is 1. The maximum absolute atomic E-state index is 12.2. The molecule has 2 N–H and O–H groups in total. The van der Waals surface area contributed by atoms with Crippen LogP contribution in [0.2, 0.25) is 0 Å². The van der Waals surface area contributed by atoms with E-state index in [9.17, 15) is 13.2 Å². The molecule has 1 aliphatic rings. The van der Waals surface area contributed by atoms with Gasteiger partial charge in [-0.3, -0.25) is 4.79 Å². The van der Waals surface area contributed by atoms with Gasteiger partial charge in [0.25, 0.3) is 0 Å². The monoisotopic (exact) mass is 406 g/mol. The lowest BCUT2D eigenvalue weighted by atomic mass is 10.0. The summed E-state index contributed by atoms with van der Waals surface area (Å²) in [5.74, 6) is -0.204. The van der Waals surface area contributed by atoms with Crippen molar-refractivity contribution >= 4 is 32.8 Å². The van der Waals surface area contributed by atoms with E-state index in [1.54, 1.807) is 30.3 Å². The molecular weight excluding hydrogens is 384 g/mol. The van der Waals surface area contributed by atoms with Gasteiger partial charge < -0.3 is 5.32 Å². The van der Waals surface area contributed by atoms with Gasteiger partial charge in [0.2, 0.25) is 15.9 Å². The molecule has 5 nitrogen and oxygen atoms in total. The second-order valence-corrected chi connectivity index (χ2v) is 8.87. The molecule has 1 amide bonds.